The minimum absolute atomic E-state index is 0.170. The largest absolute Gasteiger partial charge is 0.481 e. The van der Waals surface area contributed by atoms with E-state index < -0.39 is 12.0 Å². The second-order valence-corrected chi connectivity index (χ2v) is 6.63. The highest BCUT2D eigenvalue weighted by atomic mass is 32.2. The summed E-state index contributed by atoms with van der Waals surface area (Å²) in [6, 6.07) is -0.550. The van der Waals surface area contributed by atoms with E-state index in [1.165, 1.54) is 0 Å². The van der Waals surface area contributed by atoms with Gasteiger partial charge in [-0.3, -0.25) is 19.6 Å². The molecular formula is C14H24N4O3S. The number of carbonyl (C=O) groups excluding carboxylic acids is 1. The van der Waals surface area contributed by atoms with Gasteiger partial charge >= 0.3 is 0 Å². The second kappa shape index (κ2) is 9.37. The van der Waals surface area contributed by atoms with Gasteiger partial charge in [0.05, 0.1) is 30.2 Å². The number of rotatable bonds is 5. The van der Waals surface area contributed by atoms with Crippen molar-refractivity contribution in [2.45, 2.75) is 45.0 Å². The van der Waals surface area contributed by atoms with Crippen molar-refractivity contribution in [3.05, 3.63) is 23.8 Å². The predicted octanol–water partition coefficient (Wildman–Crippen LogP) is 0.961. The van der Waals surface area contributed by atoms with Crippen molar-refractivity contribution in [2.75, 3.05) is 6.26 Å². The minimum Gasteiger partial charge on any atom is -0.481 e. The molecule has 0 aliphatic heterocycles. The lowest BCUT2D eigenvalue weighted by molar-refractivity contribution is -0.134. The van der Waals surface area contributed by atoms with E-state index >= 15 is 0 Å². The van der Waals surface area contributed by atoms with Crippen LogP contribution in [-0.2, 0) is 16.1 Å². The molecule has 7 nitrogen and oxygen atoms in total. The van der Waals surface area contributed by atoms with E-state index in [4.69, 9.17) is 15.6 Å². The molecule has 22 heavy (non-hydrogen) atoms. The van der Waals surface area contributed by atoms with Crippen molar-refractivity contribution in [2.24, 2.45) is 5.73 Å². The molecule has 1 amide bonds. The van der Waals surface area contributed by atoms with Gasteiger partial charge in [-0.05, 0) is 27.0 Å². The molecule has 0 aliphatic carbocycles. The third kappa shape index (κ3) is 7.94. The summed E-state index contributed by atoms with van der Waals surface area (Å²) in [4.78, 5) is 29.2. The SMILES string of the molecule is CC(=O)O.CSC(C)(C)[C@H](N)C(=O)NCc1cnc(C)cn1. The molecule has 1 aromatic heterocycles. The van der Waals surface area contributed by atoms with Gasteiger partial charge in [-0.1, -0.05) is 0 Å². The van der Waals surface area contributed by atoms with Gasteiger partial charge in [-0.15, -0.1) is 0 Å². The van der Waals surface area contributed by atoms with Crippen molar-refractivity contribution in [1.82, 2.24) is 15.3 Å². The van der Waals surface area contributed by atoms with Gasteiger partial charge in [0, 0.05) is 17.9 Å². The maximum Gasteiger partial charge on any atom is 0.300 e. The van der Waals surface area contributed by atoms with Gasteiger partial charge in [-0.2, -0.15) is 11.8 Å². The van der Waals surface area contributed by atoms with Crippen molar-refractivity contribution in [3.63, 3.8) is 0 Å². The van der Waals surface area contributed by atoms with E-state index in [9.17, 15) is 4.79 Å². The topological polar surface area (TPSA) is 118 Å². The number of carbonyl (C=O) groups is 2. The van der Waals surface area contributed by atoms with Crippen LogP contribution in [0.3, 0.4) is 0 Å². The molecule has 1 atom stereocenters. The first-order valence-corrected chi connectivity index (χ1v) is 7.88. The molecule has 0 radical (unpaired) electrons. The fourth-order valence-electron chi connectivity index (χ4n) is 1.24. The molecule has 1 rings (SSSR count). The summed E-state index contributed by atoms with van der Waals surface area (Å²) < 4.78 is -0.289. The first-order valence-electron chi connectivity index (χ1n) is 6.65. The van der Waals surface area contributed by atoms with Crippen LogP contribution in [0.5, 0.6) is 0 Å². The van der Waals surface area contributed by atoms with E-state index in [1.807, 2.05) is 27.0 Å². The third-order valence-electron chi connectivity index (χ3n) is 2.84. The monoisotopic (exact) mass is 328 g/mol. The van der Waals surface area contributed by atoms with Gasteiger partial charge in [-0.25, -0.2) is 0 Å². The molecule has 0 aromatic carbocycles. The Kier molecular flexibility index (Phi) is 8.66. The first kappa shape index (κ1) is 20.3. The summed E-state index contributed by atoms with van der Waals surface area (Å²) in [6.45, 7) is 7.21. The Labute approximate surface area is 135 Å². The molecule has 4 N–H and O–H groups in total. The fourth-order valence-corrected chi connectivity index (χ4v) is 1.60. The Hall–Kier alpha value is -1.67. The van der Waals surface area contributed by atoms with Crippen molar-refractivity contribution in [3.8, 4) is 0 Å². The molecule has 0 bridgehead atoms. The highest BCUT2D eigenvalue weighted by molar-refractivity contribution is 8.00. The first-order chi connectivity index (χ1) is 10.1. The molecule has 0 unspecified atom stereocenters. The Morgan fingerprint density at radius 2 is 1.95 bits per heavy atom. The number of amides is 1. The summed E-state index contributed by atoms with van der Waals surface area (Å²) >= 11 is 1.57. The van der Waals surface area contributed by atoms with Crippen LogP contribution >= 0.6 is 11.8 Å². The lowest BCUT2D eigenvalue weighted by Gasteiger charge is -2.28. The summed E-state index contributed by atoms with van der Waals surface area (Å²) in [5, 5.41) is 10.2. The van der Waals surface area contributed by atoms with Crippen LogP contribution < -0.4 is 11.1 Å². The molecule has 1 heterocycles. The Morgan fingerprint density at radius 3 is 2.36 bits per heavy atom. The van der Waals surface area contributed by atoms with Gasteiger partial charge in [0.25, 0.3) is 5.97 Å². The summed E-state index contributed by atoms with van der Waals surface area (Å²) in [7, 11) is 0. The van der Waals surface area contributed by atoms with Crippen LogP contribution in [-0.4, -0.2) is 44.0 Å². The molecular weight excluding hydrogens is 304 g/mol. The maximum atomic E-state index is 11.9. The molecule has 1 aromatic rings. The molecule has 0 fully saturated rings. The number of nitrogens with one attached hydrogen (secondary N) is 1. The van der Waals surface area contributed by atoms with Crippen molar-refractivity contribution < 1.29 is 14.7 Å². The lowest BCUT2D eigenvalue weighted by Crippen LogP contribution is -2.51. The van der Waals surface area contributed by atoms with Gasteiger partial charge in [0.15, 0.2) is 0 Å². The zero-order chi connectivity index (χ0) is 17.3. The van der Waals surface area contributed by atoms with Crippen LogP contribution in [0, 0.1) is 6.92 Å². The fraction of sp³-hybridized carbons (Fsp3) is 0.571. The Bertz CT molecular complexity index is 487. The molecule has 124 valence electrons. The Balaban J connectivity index is 0.000000980. The van der Waals surface area contributed by atoms with Crippen molar-refractivity contribution in [1.29, 1.82) is 0 Å². The molecule has 0 spiro atoms. The Morgan fingerprint density at radius 1 is 1.41 bits per heavy atom. The predicted molar refractivity (Wildman–Crippen MR) is 87.5 cm³/mol. The molecule has 8 heteroatoms. The van der Waals surface area contributed by atoms with Crippen LogP contribution in [0.25, 0.3) is 0 Å². The van der Waals surface area contributed by atoms with E-state index in [0.29, 0.717) is 6.54 Å². The number of hydrogen-bond donors (Lipinski definition) is 3. The van der Waals surface area contributed by atoms with Crippen LogP contribution in [0.1, 0.15) is 32.2 Å². The zero-order valence-electron chi connectivity index (χ0n) is 13.6. The number of hydrogen-bond acceptors (Lipinski definition) is 6. The number of nitrogens with zero attached hydrogens (tertiary/aromatic N) is 2. The average molecular weight is 328 g/mol. The normalized spacial score (nSPS) is 11.9. The minimum atomic E-state index is -0.833. The number of thioether (sulfide) groups is 1. The van der Waals surface area contributed by atoms with E-state index in [0.717, 1.165) is 18.3 Å². The number of nitrogens with two attached hydrogens (primary N) is 1. The van der Waals surface area contributed by atoms with Crippen LogP contribution in [0.4, 0.5) is 0 Å². The smallest absolute Gasteiger partial charge is 0.300 e. The summed E-state index contributed by atoms with van der Waals surface area (Å²) in [6.07, 6.45) is 5.27. The molecule has 0 saturated carbocycles. The highest BCUT2D eigenvalue weighted by Crippen LogP contribution is 2.24. The van der Waals surface area contributed by atoms with Gasteiger partial charge in [0.1, 0.15) is 0 Å². The standard InChI is InChI=1S/C12H20N4OS.C2H4O2/c1-8-5-15-9(6-14-8)7-16-11(17)10(13)12(2,3)18-4;1-2(3)4/h5-6,10H,7,13H2,1-4H3,(H,16,17);1H3,(H,3,4)/t10-;/m1./s1. The number of carboxylic acids is 1. The zero-order valence-corrected chi connectivity index (χ0v) is 14.4. The quantitative estimate of drug-likeness (QED) is 0.736. The van der Waals surface area contributed by atoms with Gasteiger partial charge < -0.3 is 16.2 Å². The average Bonchev–Trinajstić information content (AvgIpc) is 2.45. The second-order valence-electron chi connectivity index (χ2n) is 5.17. The summed E-state index contributed by atoms with van der Waals surface area (Å²) in [5.41, 5.74) is 7.50. The number of carboxylic acid groups (broad SMARTS) is 1. The van der Waals surface area contributed by atoms with Crippen LogP contribution in [0.15, 0.2) is 12.4 Å². The van der Waals surface area contributed by atoms with Crippen LogP contribution in [0.2, 0.25) is 0 Å². The number of aromatic nitrogens is 2. The summed E-state index contributed by atoms with van der Waals surface area (Å²) in [5.74, 6) is -1.00. The highest BCUT2D eigenvalue weighted by Gasteiger charge is 2.30. The van der Waals surface area contributed by atoms with E-state index in [2.05, 4.69) is 15.3 Å². The molecule has 0 aliphatic rings. The van der Waals surface area contributed by atoms with E-state index in [1.54, 1.807) is 24.2 Å². The van der Waals surface area contributed by atoms with Crippen molar-refractivity contribution >= 4 is 23.6 Å². The third-order valence-corrected chi connectivity index (χ3v) is 4.14. The van der Waals surface area contributed by atoms with E-state index in [-0.39, 0.29) is 10.7 Å². The number of aryl methyl sites for hydroxylation is 1. The molecule has 0 saturated heterocycles. The van der Waals surface area contributed by atoms with Gasteiger partial charge in [0.2, 0.25) is 5.91 Å². The maximum absolute atomic E-state index is 11.9. The lowest BCUT2D eigenvalue weighted by atomic mass is 10.0. The number of aliphatic carboxylic acids is 1.